The van der Waals surface area contributed by atoms with E-state index in [1.807, 2.05) is 0 Å². The zero-order chi connectivity index (χ0) is 15.9. The van der Waals surface area contributed by atoms with E-state index in [0.29, 0.717) is 25.9 Å². The molecule has 2 amide bonds. The lowest BCUT2D eigenvalue weighted by molar-refractivity contribution is -0.127. The Labute approximate surface area is 130 Å². The summed E-state index contributed by atoms with van der Waals surface area (Å²) >= 11 is 0. The Bertz CT molecular complexity index is 516. The number of rotatable bonds is 8. The second-order valence-electron chi connectivity index (χ2n) is 5.76. The van der Waals surface area contributed by atoms with Gasteiger partial charge in [0.2, 0.25) is 11.8 Å². The molecule has 4 nitrogen and oxygen atoms in total. The molecule has 2 N–H and O–H groups in total. The van der Waals surface area contributed by atoms with Crippen molar-refractivity contribution in [1.82, 2.24) is 10.6 Å². The minimum absolute atomic E-state index is 0.00728. The number of unbranched alkanes of at least 4 members (excludes halogenated alkanes) is 1. The summed E-state index contributed by atoms with van der Waals surface area (Å²) < 4.78 is 12.8. The molecule has 1 aliphatic carbocycles. The van der Waals surface area contributed by atoms with Crippen LogP contribution in [0.1, 0.15) is 31.7 Å². The van der Waals surface area contributed by atoms with Gasteiger partial charge in [-0.15, -0.1) is 0 Å². The number of amides is 2. The highest BCUT2D eigenvalue weighted by Gasteiger charge is 2.47. The molecule has 22 heavy (non-hydrogen) atoms. The summed E-state index contributed by atoms with van der Waals surface area (Å²) in [6.45, 7) is 3.26. The lowest BCUT2D eigenvalue weighted by Crippen LogP contribution is -2.31. The molecule has 0 aromatic heterocycles. The summed E-state index contributed by atoms with van der Waals surface area (Å²) in [6.07, 6.45) is 3.30. The van der Waals surface area contributed by atoms with E-state index >= 15 is 0 Å². The van der Waals surface area contributed by atoms with E-state index < -0.39 is 0 Å². The highest BCUT2D eigenvalue weighted by atomic mass is 19.1. The Kier molecular flexibility index (Phi) is 5.92. The van der Waals surface area contributed by atoms with Crippen LogP contribution in [0.15, 0.2) is 24.3 Å². The zero-order valence-electron chi connectivity index (χ0n) is 12.9. The maximum atomic E-state index is 12.8. The van der Waals surface area contributed by atoms with Crippen molar-refractivity contribution in [2.45, 2.75) is 32.6 Å². The van der Waals surface area contributed by atoms with Gasteiger partial charge in [-0.1, -0.05) is 25.5 Å². The van der Waals surface area contributed by atoms with Gasteiger partial charge in [0, 0.05) is 13.1 Å². The van der Waals surface area contributed by atoms with Gasteiger partial charge >= 0.3 is 0 Å². The molecule has 1 aromatic carbocycles. The lowest BCUT2D eigenvalue weighted by atomic mass is 10.1. The van der Waals surface area contributed by atoms with Gasteiger partial charge in [-0.3, -0.25) is 9.59 Å². The molecule has 2 rings (SSSR count). The molecule has 1 fully saturated rings. The molecular weight excluding hydrogens is 283 g/mol. The van der Waals surface area contributed by atoms with Crippen molar-refractivity contribution >= 4 is 11.8 Å². The molecule has 2 atom stereocenters. The SMILES string of the molecule is CCCCNC(=O)C1CC1C(=O)NCCc1ccc(F)cc1. The van der Waals surface area contributed by atoms with Crippen LogP contribution in [0, 0.1) is 17.7 Å². The summed E-state index contributed by atoms with van der Waals surface area (Å²) in [6, 6.07) is 6.24. The quantitative estimate of drug-likeness (QED) is 0.722. The summed E-state index contributed by atoms with van der Waals surface area (Å²) in [5.74, 6) is -0.676. The van der Waals surface area contributed by atoms with Crippen molar-refractivity contribution in [3.63, 3.8) is 0 Å². The van der Waals surface area contributed by atoms with Crippen molar-refractivity contribution in [3.8, 4) is 0 Å². The molecule has 0 aliphatic heterocycles. The first-order chi connectivity index (χ1) is 10.6. The zero-order valence-corrected chi connectivity index (χ0v) is 12.9. The number of benzene rings is 1. The number of carbonyl (C=O) groups excluding carboxylic acids is 2. The fraction of sp³-hybridized carbons (Fsp3) is 0.529. The maximum Gasteiger partial charge on any atom is 0.223 e. The molecule has 0 saturated heterocycles. The first kappa shape index (κ1) is 16.5. The van der Waals surface area contributed by atoms with E-state index in [4.69, 9.17) is 0 Å². The molecule has 120 valence electrons. The Morgan fingerprint density at radius 2 is 1.68 bits per heavy atom. The number of hydrogen-bond donors (Lipinski definition) is 2. The van der Waals surface area contributed by atoms with Gasteiger partial charge in [0.05, 0.1) is 11.8 Å². The van der Waals surface area contributed by atoms with Gasteiger partial charge in [0.25, 0.3) is 0 Å². The summed E-state index contributed by atoms with van der Waals surface area (Å²) in [5.41, 5.74) is 0.978. The molecule has 1 aliphatic rings. The van der Waals surface area contributed by atoms with Gasteiger partial charge in [-0.25, -0.2) is 4.39 Å². The third kappa shape index (κ3) is 4.83. The molecule has 1 saturated carbocycles. The van der Waals surface area contributed by atoms with E-state index in [1.54, 1.807) is 12.1 Å². The van der Waals surface area contributed by atoms with Crippen molar-refractivity contribution in [1.29, 1.82) is 0 Å². The molecule has 0 radical (unpaired) electrons. The second kappa shape index (κ2) is 7.92. The van der Waals surface area contributed by atoms with Gasteiger partial charge < -0.3 is 10.6 Å². The van der Waals surface area contributed by atoms with E-state index in [1.165, 1.54) is 12.1 Å². The minimum atomic E-state index is -0.261. The van der Waals surface area contributed by atoms with Crippen LogP contribution in [0.4, 0.5) is 4.39 Å². The number of hydrogen-bond acceptors (Lipinski definition) is 2. The van der Waals surface area contributed by atoms with Crippen molar-refractivity contribution in [2.24, 2.45) is 11.8 Å². The van der Waals surface area contributed by atoms with Gasteiger partial charge in [0.1, 0.15) is 5.82 Å². The third-order valence-corrected chi connectivity index (χ3v) is 3.92. The first-order valence-corrected chi connectivity index (χ1v) is 7.91. The number of carbonyl (C=O) groups is 2. The van der Waals surface area contributed by atoms with Crippen LogP contribution in [0.25, 0.3) is 0 Å². The smallest absolute Gasteiger partial charge is 0.223 e. The third-order valence-electron chi connectivity index (χ3n) is 3.92. The highest BCUT2D eigenvalue weighted by Crippen LogP contribution is 2.38. The molecular formula is C17H23FN2O2. The van der Waals surface area contributed by atoms with Gasteiger partial charge in [0.15, 0.2) is 0 Å². The maximum absolute atomic E-state index is 12.8. The Morgan fingerprint density at radius 3 is 2.27 bits per heavy atom. The van der Waals surface area contributed by atoms with Crippen LogP contribution in [0.2, 0.25) is 0 Å². The summed E-state index contributed by atoms with van der Waals surface area (Å²) in [5, 5.41) is 5.71. The fourth-order valence-electron chi connectivity index (χ4n) is 2.41. The summed E-state index contributed by atoms with van der Waals surface area (Å²) in [4.78, 5) is 23.7. The van der Waals surface area contributed by atoms with Gasteiger partial charge in [-0.2, -0.15) is 0 Å². The topological polar surface area (TPSA) is 58.2 Å². The van der Waals surface area contributed by atoms with Gasteiger partial charge in [-0.05, 0) is 37.0 Å². The van der Waals surface area contributed by atoms with Crippen LogP contribution >= 0.6 is 0 Å². The average Bonchev–Trinajstić information content (AvgIpc) is 3.30. The standard InChI is InChI=1S/C17H23FN2O2/c1-2-3-9-19-16(21)14-11-15(14)17(22)20-10-8-12-4-6-13(18)7-5-12/h4-7,14-15H,2-3,8-11H2,1H3,(H,19,21)(H,20,22). The predicted molar refractivity (Wildman–Crippen MR) is 82.6 cm³/mol. The first-order valence-electron chi connectivity index (χ1n) is 7.91. The fourth-order valence-corrected chi connectivity index (χ4v) is 2.41. The van der Waals surface area contributed by atoms with Crippen LogP contribution in [-0.4, -0.2) is 24.9 Å². The lowest BCUT2D eigenvalue weighted by Gasteiger charge is -2.06. The van der Waals surface area contributed by atoms with Crippen molar-refractivity contribution in [3.05, 3.63) is 35.6 Å². The number of nitrogens with one attached hydrogen (secondary N) is 2. The van der Waals surface area contributed by atoms with E-state index in [2.05, 4.69) is 17.6 Å². The Hall–Kier alpha value is -1.91. The largest absolute Gasteiger partial charge is 0.356 e. The number of halogens is 1. The monoisotopic (exact) mass is 306 g/mol. The van der Waals surface area contributed by atoms with Crippen LogP contribution in [0.3, 0.4) is 0 Å². The van der Waals surface area contributed by atoms with Crippen molar-refractivity contribution in [2.75, 3.05) is 13.1 Å². The molecule has 0 spiro atoms. The second-order valence-corrected chi connectivity index (χ2v) is 5.76. The van der Waals surface area contributed by atoms with E-state index in [9.17, 15) is 14.0 Å². The predicted octanol–water partition coefficient (Wildman–Crippen LogP) is 2.04. The molecule has 1 aromatic rings. The summed E-state index contributed by atoms with van der Waals surface area (Å²) in [7, 11) is 0. The molecule has 0 heterocycles. The van der Waals surface area contributed by atoms with Crippen molar-refractivity contribution < 1.29 is 14.0 Å². The van der Waals surface area contributed by atoms with E-state index in [0.717, 1.165) is 18.4 Å². The highest BCUT2D eigenvalue weighted by molar-refractivity contribution is 5.92. The normalized spacial score (nSPS) is 19.5. The average molecular weight is 306 g/mol. The Morgan fingerprint density at radius 1 is 1.09 bits per heavy atom. The molecule has 2 unspecified atom stereocenters. The van der Waals surface area contributed by atoms with Crippen LogP contribution in [-0.2, 0) is 16.0 Å². The minimum Gasteiger partial charge on any atom is -0.356 e. The van der Waals surface area contributed by atoms with E-state index in [-0.39, 0.29) is 29.5 Å². The van der Waals surface area contributed by atoms with Crippen LogP contribution < -0.4 is 10.6 Å². The molecule has 0 bridgehead atoms. The molecule has 5 heteroatoms. The van der Waals surface area contributed by atoms with Crippen LogP contribution in [0.5, 0.6) is 0 Å². The Balaban J connectivity index is 1.64.